The second kappa shape index (κ2) is 9.67. The molecule has 0 saturated carbocycles. The molecule has 4 N–H and O–H groups in total. The van der Waals surface area contributed by atoms with Gasteiger partial charge in [-0.25, -0.2) is 19.3 Å². The summed E-state index contributed by atoms with van der Waals surface area (Å²) in [5.41, 5.74) is 5.64. The Bertz CT molecular complexity index is 1750. The van der Waals surface area contributed by atoms with Gasteiger partial charge >= 0.3 is 0 Å². The van der Waals surface area contributed by atoms with Crippen molar-refractivity contribution in [2.75, 3.05) is 5.32 Å². The minimum Gasteiger partial charge on any atom is -0.374 e. The van der Waals surface area contributed by atoms with Crippen LogP contribution >= 0.6 is 0 Å². The molecular formula is C27H26FN9O. The Balaban J connectivity index is 1.39. The first kappa shape index (κ1) is 23.7. The predicted molar refractivity (Wildman–Crippen MR) is 143 cm³/mol. The maximum absolute atomic E-state index is 15.2. The summed E-state index contributed by atoms with van der Waals surface area (Å²) in [7, 11) is 0. The molecule has 1 aromatic carbocycles. The summed E-state index contributed by atoms with van der Waals surface area (Å²) < 4.78 is 17.1. The monoisotopic (exact) mass is 511 g/mol. The number of aliphatic hydroxyl groups is 1. The zero-order chi connectivity index (χ0) is 26.2. The first-order chi connectivity index (χ1) is 18.5. The molecule has 1 atom stereocenters. The number of aromatic nitrogens is 8. The highest BCUT2D eigenvalue weighted by Gasteiger charge is 2.18. The quantitative estimate of drug-likeness (QED) is 0.209. The molecule has 38 heavy (non-hydrogen) atoms. The van der Waals surface area contributed by atoms with E-state index < -0.39 is 12.0 Å². The van der Waals surface area contributed by atoms with Gasteiger partial charge in [0.05, 0.1) is 35.1 Å². The highest BCUT2D eigenvalue weighted by Crippen LogP contribution is 2.33. The number of halogens is 1. The molecule has 0 spiro atoms. The molecule has 0 amide bonds. The molecule has 11 heteroatoms. The number of aliphatic hydroxyl groups excluding tert-OH is 1. The van der Waals surface area contributed by atoms with E-state index >= 15 is 4.39 Å². The fourth-order valence-electron chi connectivity index (χ4n) is 4.54. The third kappa shape index (κ3) is 4.37. The lowest BCUT2D eigenvalue weighted by Crippen LogP contribution is -2.18. The molecule has 0 aliphatic rings. The Hall–Kier alpha value is -4.64. The topological polar surface area (TPSA) is 133 Å². The van der Waals surface area contributed by atoms with Gasteiger partial charge in [0, 0.05) is 41.2 Å². The molecule has 0 aliphatic heterocycles. The average molecular weight is 512 g/mol. The van der Waals surface area contributed by atoms with Crippen LogP contribution in [0.1, 0.15) is 31.9 Å². The number of imidazole rings is 2. The second-order valence-electron chi connectivity index (χ2n) is 9.25. The van der Waals surface area contributed by atoms with E-state index in [2.05, 4.69) is 42.4 Å². The van der Waals surface area contributed by atoms with E-state index in [0.717, 1.165) is 24.2 Å². The van der Waals surface area contributed by atoms with Gasteiger partial charge in [-0.2, -0.15) is 5.10 Å². The summed E-state index contributed by atoms with van der Waals surface area (Å²) >= 11 is 0. The van der Waals surface area contributed by atoms with Crippen molar-refractivity contribution in [3.05, 3.63) is 66.9 Å². The largest absolute Gasteiger partial charge is 0.374 e. The molecule has 6 rings (SSSR count). The summed E-state index contributed by atoms with van der Waals surface area (Å²) in [4.78, 5) is 21.0. The summed E-state index contributed by atoms with van der Waals surface area (Å²) in [5, 5.41) is 21.3. The maximum atomic E-state index is 15.2. The van der Waals surface area contributed by atoms with E-state index in [9.17, 15) is 5.11 Å². The van der Waals surface area contributed by atoms with Crippen molar-refractivity contribution in [3.8, 4) is 28.3 Å². The number of nitrogens with zero attached hydrogens (tertiary/aromatic N) is 6. The highest BCUT2D eigenvalue weighted by atomic mass is 19.1. The molecule has 10 nitrogen and oxygen atoms in total. The van der Waals surface area contributed by atoms with Crippen LogP contribution in [0, 0.1) is 12.7 Å². The minimum absolute atomic E-state index is 0.364. The highest BCUT2D eigenvalue weighted by molar-refractivity contribution is 5.96. The van der Waals surface area contributed by atoms with E-state index in [1.54, 1.807) is 37.1 Å². The number of benzene rings is 1. The average Bonchev–Trinajstić information content (AvgIpc) is 3.64. The number of aryl methyl sites for hydroxylation is 1. The van der Waals surface area contributed by atoms with Crippen LogP contribution in [-0.4, -0.2) is 51.0 Å². The van der Waals surface area contributed by atoms with Crippen molar-refractivity contribution in [3.63, 3.8) is 0 Å². The lowest BCUT2D eigenvalue weighted by molar-refractivity contribution is 0.190. The zero-order valence-electron chi connectivity index (χ0n) is 20.9. The van der Waals surface area contributed by atoms with Crippen LogP contribution in [0.25, 0.3) is 50.4 Å². The van der Waals surface area contributed by atoms with Gasteiger partial charge in [0.15, 0.2) is 11.5 Å². The first-order valence-corrected chi connectivity index (χ1v) is 12.4. The van der Waals surface area contributed by atoms with Gasteiger partial charge in [-0.1, -0.05) is 13.3 Å². The number of nitrogens with one attached hydrogen (secondary N) is 3. The zero-order valence-corrected chi connectivity index (χ0v) is 20.9. The molecule has 0 radical (unpaired) electrons. The minimum atomic E-state index is -0.697. The molecule has 192 valence electrons. The van der Waals surface area contributed by atoms with Crippen LogP contribution < -0.4 is 5.32 Å². The van der Waals surface area contributed by atoms with Crippen molar-refractivity contribution in [1.29, 1.82) is 0 Å². The molecule has 0 fully saturated rings. The lowest BCUT2D eigenvalue weighted by atomic mass is 10.0. The van der Waals surface area contributed by atoms with Crippen molar-refractivity contribution < 1.29 is 9.50 Å². The fraction of sp³-hybridized carbons (Fsp3) is 0.222. The van der Waals surface area contributed by atoms with Gasteiger partial charge in [0.2, 0.25) is 0 Å². The van der Waals surface area contributed by atoms with E-state index in [1.165, 1.54) is 6.07 Å². The Kier molecular flexibility index (Phi) is 6.04. The van der Waals surface area contributed by atoms with E-state index in [-0.39, 0.29) is 0 Å². The summed E-state index contributed by atoms with van der Waals surface area (Å²) in [6.07, 6.45) is 10.4. The van der Waals surface area contributed by atoms with Crippen molar-refractivity contribution in [1.82, 2.24) is 39.7 Å². The molecule has 5 aromatic heterocycles. The fourth-order valence-corrected chi connectivity index (χ4v) is 4.54. The Morgan fingerprint density at radius 1 is 1.18 bits per heavy atom. The molecule has 0 aliphatic carbocycles. The summed E-state index contributed by atoms with van der Waals surface area (Å²) in [5.74, 6) is 0.0930. The smallest absolute Gasteiger partial charge is 0.161 e. The summed E-state index contributed by atoms with van der Waals surface area (Å²) in [6, 6.07) is 6.80. The number of anilines is 1. The summed E-state index contributed by atoms with van der Waals surface area (Å²) in [6.45, 7) is 3.99. The maximum Gasteiger partial charge on any atom is 0.161 e. The van der Waals surface area contributed by atoms with Crippen LogP contribution in [0.2, 0.25) is 0 Å². The number of hydrogen-bond donors (Lipinski definition) is 4. The van der Waals surface area contributed by atoms with E-state index in [4.69, 9.17) is 4.98 Å². The van der Waals surface area contributed by atoms with E-state index in [0.29, 0.717) is 56.8 Å². The van der Waals surface area contributed by atoms with Crippen LogP contribution in [0.4, 0.5) is 10.1 Å². The van der Waals surface area contributed by atoms with Gasteiger partial charge in [0.25, 0.3) is 0 Å². The van der Waals surface area contributed by atoms with Gasteiger partial charge in [-0.05, 0) is 38.0 Å². The molecule has 0 saturated heterocycles. The number of H-pyrrole nitrogens is 2. The van der Waals surface area contributed by atoms with Crippen molar-refractivity contribution in [2.45, 2.75) is 39.3 Å². The molecule has 6 aromatic rings. The number of aromatic amines is 2. The second-order valence-corrected chi connectivity index (χ2v) is 9.25. The van der Waals surface area contributed by atoms with Crippen LogP contribution in [0.5, 0.6) is 0 Å². The Morgan fingerprint density at radius 2 is 2.08 bits per heavy atom. The number of pyridine rings is 2. The third-order valence-corrected chi connectivity index (χ3v) is 6.44. The first-order valence-electron chi connectivity index (χ1n) is 12.4. The SMILES string of the molecule is CCCCC(O)Nc1cncc(-c2cc3c(-c4nc5c(-n6cnc(C)c6)ccnc5[nH]4)n[nH]c3cc2F)c1. The standard InChI is InChI=1S/C27H26FN9O/c1-3-4-5-23(38)32-17-8-16(11-29-12-17)18-9-19-21(10-20(18)28)35-36-24(19)27-33-25-22(6-7-30-26(25)34-27)37-13-15(2)31-14-37/h6-14,23,32,38H,3-5H2,1-2H3,(H,35,36)(H,30,33,34). The number of unbranched alkanes of at least 4 members (excludes halogenated alkanes) is 1. The number of rotatable bonds is 8. The van der Waals surface area contributed by atoms with Gasteiger partial charge in [0.1, 0.15) is 23.3 Å². The van der Waals surface area contributed by atoms with Gasteiger partial charge in [-0.3, -0.25) is 10.1 Å². The van der Waals surface area contributed by atoms with Crippen LogP contribution in [0.3, 0.4) is 0 Å². The molecule has 0 bridgehead atoms. The molecular weight excluding hydrogens is 485 g/mol. The Morgan fingerprint density at radius 3 is 2.89 bits per heavy atom. The number of hydrogen-bond acceptors (Lipinski definition) is 7. The van der Waals surface area contributed by atoms with Crippen LogP contribution in [-0.2, 0) is 0 Å². The van der Waals surface area contributed by atoms with E-state index in [1.807, 2.05) is 23.8 Å². The number of fused-ring (bicyclic) bond motifs is 2. The lowest BCUT2D eigenvalue weighted by Gasteiger charge is -2.14. The van der Waals surface area contributed by atoms with Crippen LogP contribution in [0.15, 0.2) is 55.4 Å². The molecule has 5 heterocycles. The molecule has 1 unspecified atom stereocenters. The van der Waals surface area contributed by atoms with Crippen molar-refractivity contribution in [2.24, 2.45) is 0 Å². The van der Waals surface area contributed by atoms with Gasteiger partial charge < -0.3 is 20.0 Å². The van der Waals surface area contributed by atoms with Crippen molar-refractivity contribution >= 4 is 27.8 Å². The third-order valence-electron chi connectivity index (χ3n) is 6.44. The van der Waals surface area contributed by atoms with Gasteiger partial charge in [-0.15, -0.1) is 0 Å². The Labute approximate surface area is 217 Å². The predicted octanol–water partition coefficient (Wildman–Crippen LogP) is 5.12. The normalized spacial score (nSPS) is 12.4.